The molecule has 3 aliphatic heterocycles. The first-order valence-corrected chi connectivity index (χ1v) is 9.47. The van der Waals surface area contributed by atoms with E-state index in [9.17, 15) is 14.4 Å². The molecular formula is C18H31N5O3. The van der Waals surface area contributed by atoms with Gasteiger partial charge < -0.3 is 16.0 Å². The highest BCUT2D eigenvalue weighted by atomic mass is 16.2. The van der Waals surface area contributed by atoms with E-state index in [1.807, 2.05) is 13.8 Å². The summed E-state index contributed by atoms with van der Waals surface area (Å²) in [7, 11) is 0. The molecule has 146 valence electrons. The molecule has 0 aromatic heterocycles. The number of nitrogens with zero attached hydrogens (tertiary/aromatic N) is 3. The van der Waals surface area contributed by atoms with Gasteiger partial charge in [-0.3, -0.25) is 24.2 Å². The third-order valence-electron chi connectivity index (χ3n) is 5.20. The van der Waals surface area contributed by atoms with Crippen LogP contribution in [-0.2, 0) is 14.4 Å². The maximum absolute atomic E-state index is 12.5. The van der Waals surface area contributed by atoms with E-state index in [2.05, 4.69) is 15.1 Å². The van der Waals surface area contributed by atoms with Crippen molar-refractivity contribution in [2.75, 3.05) is 45.8 Å². The molecule has 3 aliphatic rings. The average Bonchev–Trinajstić information content (AvgIpc) is 2.65. The predicted molar refractivity (Wildman–Crippen MR) is 99.2 cm³/mol. The fourth-order valence-corrected chi connectivity index (χ4v) is 3.51. The molecule has 0 spiro atoms. The molecule has 3 amide bonds. The first-order valence-electron chi connectivity index (χ1n) is 9.47. The Kier molecular flexibility index (Phi) is 7.59. The Morgan fingerprint density at radius 1 is 1.19 bits per heavy atom. The number of hydrogen-bond acceptors (Lipinski definition) is 5. The Labute approximate surface area is 155 Å². The van der Waals surface area contributed by atoms with Gasteiger partial charge in [-0.2, -0.15) is 0 Å². The molecule has 3 rings (SSSR count). The Morgan fingerprint density at radius 3 is 2.35 bits per heavy atom. The zero-order chi connectivity index (χ0) is 19.1. The first-order chi connectivity index (χ1) is 12.5. The minimum Gasteiger partial charge on any atom is -0.368 e. The van der Waals surface area contributed by atoms with E-state index in [1.54, 1.807) is 11.0 Å². The minimum atomic E-state index is -0.715. The van der Waals surface area contributed by atoms with Crippen molar-refractivity contribution in [3.05, 3.63) is 12.2 Å². The lowest BCUT2D eigenvalue weighted by atomic mass is 10.1. The lowest BCUT2D eigenvalue weighted by molar-refractivity contribution is -0.135. The maximum atomic E-state index is 12.5. The van der Waals surface area contributed by atoms with E-state index in [4.69, 9.17) is 5.73 Å². The largest absolute Gasteiger partial charge is 0.368 e. The molecule has 2 bridgehead atoms. The number of carbonyl (C=O) groups is 3. The second-order valence-electron chi connectivity index (χ2n) is 6.81. The van der Waals surface area contributed by atoms with Crippen LogP contribution in [-0.4, -0.2) is 90.3 Å². The van der Waals surface area contributed by atoms with Crippen LogP contribution < -0.4 is 11.1 Å². The van der Waals surface area contributed by atoms with Gasteiger partial charge in [-0.05, 0) is 32.8 Å². The van der Waals surface area contributed by atoms with E-state index < -0.39 is 11.9 Å². The third kappa shape index (κ3) is 5.28. The first kappa shape index (κ1) is 20.4. The van der Waals surface area contributed by atoms with Gasteiger partial charge in [0.05, 0.1) is 0 Å². The highest BCUT2D eigenvalue weighted by Gasteiger charge is 2.37. The molecular weight excluding hydrogens is 334 g/mol. The number of amides is 3. The number of nitrogens with one attached hydrogen (secondary N) is 1. The van der Waals surface area contributed by atoms with Crippen LogP contribution in [0.3, 0.4) is 0 Å². The van der Waals surface area contributed by atoms with Crippen molar-refractivity contribution in [2.24, 2.45) is 5.73 Å². The number of nitrogens with two attached hydrogens (primary N) is 1. The molecule has 26 heavy (non-hydrogen) atoms. The zero-order valence-corrected chi connectivity index (χ0v) is 15.8. The standard InChI is InChI=1S/C18H31N5O3/c1-3-22(4-2)16(24)8-6-5-7-14(17(19)25)20-18(26)15-13-21-9-11-23(15)12-10-21/h6,8,14-15H,3-5,7,9-13H2,1-2H3,(H2,19,25)(H,20,26)/t14?,15-/m0/s1. The van der Waals surface area contributed by atoms with Crippen LogP contribution >= 0.6 is 0 Å². The summed E-state index contributed by atoms with van der Waals surface area (Å²) in [4.78, 5) is 42.3. The van der Waals surface area contributed by atoms with Crippen molar-refractivity contribution in [1.82, 2.24) is 20.0 Å². The van der Waals surface area contributed by atoms with Crippen molar-refractivity contribution in [3.8, 4) is 0 Å². The van der Waals surface area contributed by atoms with Gasteiger partial charge in [0.25, 0.3) is 0 Å². The number of primary amides is 1. The minimum absolute atomic E-state index is 0.0465. The molecule has 3 fully saturated rings. The Balaban J connectivity index is 1.82. The number of allylic oxidation sites excluding steroid dienone is 1. The van der Waals surface area contributed by atoms with E-state index in [1.165, 1.54) is 6.08 Å². The van der Waals surface area contributed by atoms with Gasteiger partial charge in [0, 0.05) is 45.8 Å². The molecule has 0 aromatic rings. The van der Waals surface area contributed by atoms with Crippen molar-refractivity contribution >= 4 is 17.7 Å². The quantitative estimate of drug-likeness (QED) is 0.519. The Hall–Kier alpha value is -1.93. The molecule has 0 aliphatic carbocycles. The van der Waals surface area contributed by atoms with Crippen molar-refractivity contribution in [1.29, 1.82) is 0 Å². The topological polar surface area (TPSA) is 99.0 Å². The molecule has 0 saturated carbocycles. The van der Waals surface area contributed by atoms with Crippen LogP contribution in [0.15, 0.2) is 12.2 Å². The summed E-state index contributed by atoms with van der Waals surface area (Å²) in [5, 5.41) is 2.79. The lowest BCUT2D eigenvalue weighted by Crippen LogP contribution is -2.66. The summed E-state index contributed by atoms with van der Waals surface area (Å²) in [6.07, 6.45) is 4.15. The number of likely N-dealkylation sites (N-methyl/N-ethyl adjacent to an activating group) is 1. The molecule has 3 saturated heterocycles. The van der Waals surface area contributed by atoms with Gasteiger partial charge in [-0.15, -0.1) is 0 Å². The molecule has 2 atom stereocenters. The molecule has 1 unspecified atom stereocenters. The average molecular weight is 365 g/mol. The molecule has 0 aromatic carbocycles. The lowest BCUT2D eigenvalue weighted by Gasteiger charge is -2.46. The van der Waals surface area contributed by atoms with Crippen LogP contribution in [0.25, 0.3) is 0 Å². The SMILES string of the molecule is CCN(CC)C(=O)C=CCCC(NC(=O)[C@@H]1CN2CCN1CC2)C(N)=O. The number of fused-ring (bicyclic) bond motifs is 3. The maximum Gasteiger partial charge on any atom is 0.246 e. The normalized spacial score (nSPS) is 25.8. The van der Waals surface area contributed by atoms with E-state index in [0.717, 1.165) is 26.2 Å². The van der Waals surface area contributed by atoms with E-state index in [-0.39, 0.29) is 17.9 Å². The fourth-order valence-electron chi connectivity index (χ4n) is 3.51. The van der Waals surface area contributed by atoms with Gasteiger partial charge in [-0.25, -0.2) is 0 Å². The molecule has 3 heterocycles. The van der Waals surface area contributed by atoms with Crippen molar-refractivity contribution in [3.63, 3.8) is 0 Å². The van der Waals surface area contributed by atoms with Crippen molar-refractivity contribution in [2.45, 2.75) is 38.8 Å². The second kappa shape index (κ2) is 9.68. The summed E-state index contributed by atoms with van der Waals surface area (Å²) in [6.45, 7) is 9.64. The van der Waals surface area contributed by atoms with E-state index in [0.29, 0.717) is 32.5 Å². The third-order valence-corrected chi connectivity index (χ3v) is 5.20. The number of rotatable bonds is 9. The highest BCUT2D eigenvalue weighted by molar-refractivity contribution is 5.89. The van der Waals surface area contributed by atoms with Gasteiger partial charge in [-0.1, -0.05) is 6.08 Å². The van der Waals surface area contributed by atoms with Crippen LogP contribution in [0.2, 0.25) is 0 Å². The summed E-state index contributed by atoms with van der Waals surface area (Å²) in [5.41, 5.74) is 5.45. The second-order valence-corrected chi connectivity index (χ2v) is 6.81. The summed E-state index contributed by atoms with van der Waals surface area (Å²) < 4.78 is 0. The molecule has 0 radical (unpaired) electrons. The summed E-state index contributed by atoms with van der Waals surface area (Å²) in [6, 6.07) is -0.925. The molecule has 8 nitrogen and oxygen atoms in total. The Bertz CT molecular complexity index is 539. The highest BCUT2D eigenvalue weighted by Crippen LogP contribution is 2.16. The smallest absolute Gasteiger partial charge is 0.246 e. The van der Waals surface area contributed by atoms with Crippen LogP contribution in [0.1, 0.15) is 26.7 Å². The molecule has 8 heteroatoms. The number of carbonyl (C=O) groups excluding carboxylic acids is 3. The monoisotopic (exact) mass is 365 g/mol. The summed E-state index contributed by atoms with van der Waals surface area (Å²) in [5.74, 6) is -0.728. The zero-order valence-electron chi connectivity index (χ0n) is 15.8. The summed E-state index contributed by atoms with van der Waals surface area (Å²) >= 11 is 0. The van der Waals surface area contributed by atoms with Gasteiger partial charge >= 0.3 is 0 Å². The van der Waals surface area contributed by atoms with Crippen LogP contribution in [0, 0.1) is 0 Å². The Morgan fingerprint density at radius 2 is 1.85 bits per heavy atom. The molecule has 3 N–H and O–H groups in total. The predicted octanol–water partition coefficient (Wildman–Crippen LogP) is -0.839. The van der Waals surface area contributed by atoms with E-state index >= 15 is 0 Å². The van der Waals surface area contributed by atoms with Gasteiger partial charge in [0.2, 0.25) is 17.7 Å². The van der Waals surface area contributed by atoms with Gasteiger partial charge in [0.1, 0.15) is 12.1 Å². The number of hydrogen-bond donors (Lipinski definition) is 2. The van der Waals surface area contributed by atoms with Crippen molar-refractivity contribution < 1.29 is 14.4 Å². The fraction of sp³-hybridized carbons (Fsp3) is 0.722. The van der Waals surface area contributed by atoms with Crippen LogP contribution in [0.5, 0.6) is 0 Å². The van der Waals surface area contributed by atoms with Gasteiger partial charge in [0.15, 0.2) is 0 Å². The van der Waals surface area contributed by atoms with Crippen LogP contribution in [0.4, 0.5) is 0 Å². The number of piperazine rings is 3.